The lowest BCUT2D eigenvalue weighted by molar-refractivity contribution is 0.0503. The molecule has 4 rings (SSSR count). The standard InChI is InChI=1S/C24H24Cl2FN3O4S/c1-4-29-13-22(24(26)28-29)35(32,33)30-12-21(15(3)31)34-20-9-8-16(11-19(20)30)10-14(2)23-17(25)6-5-7-18(23)27/h5-11,13,15,21,31H,4,12H2,1-3H3/b14-10+/t15-,21?/m1/s1. The van der Waals surface area contributed by atoms with Crippen LogP contribution in [0.5, 0.6) is 5.75 Å². The van der Waals surface area contributed by atoms with Gasteiger partial charge in [-0.3, -0.25) is 8.99 Å². The number of fused-ring (bicyclic) bond motifs is 1. The van der Waals surface area contributed by atoms with Crippen molar-refractivity contribution in [2.24, 2.45) is 0 Å². The third-order valence-electron chi connectivity index (χ3n) is 5.73. The number of sulfonamides is 1. The summed E-state index contributed by atoms with van der Waals surface area (Å²) in [5.41, 5.74) is 1.70. The number of aliphatic hydroxyl groups excluding tert-OH is 1. The molecule has 7 nitrogen and oxygen atoms in total. The first-order chi connectivity index (χ1) is 16.5. The van der Waals surface area contributed by atoms with E-state index in [4.69, 9.17) is 27.9 Å². The second-order valence-corrected chi connectivity index (χ2v) is 10.8. The Kier molecular flexibility index (Phi) is 7.15. The number of aromatic nitrogens is 2. The first-order valence-corrected chi connectivity index (χ1v) is 13.1. The molecule has 0 aliphatic carbocycles. The third kappa shape index (κ3) is 4.91. The van der Waals surface area contributed by atoms with Crippen LogP contribution in [-0.2, 0) is 16.6 Å². The summed E-state index contributed by atoms with van der Waals surface area (Å²) in [6, 6.07) is 9.41. The zero-order valence-corrected chi connectivity index (χ0v) is 21.6. The molecule has 1 aliphatic heterocycles. The van der Waals surface area contributed by atoms with Gasteiger partial charge in [0.15, 0.2) is 5.15 Å². The van der Waals surface area contributed by atoms with Gasteiger partial charge in [-0.15, -0.1) is 0 Å². The van der Waals surface area contributed by atoms with Crippen molar-refractivity contribution in [2.75, 3.05) is 10.8 Å². The summed E-state index contributed by atoms with van der Waals surface area (Å²) in [4.78, 5) is -0.145. The van der Waals surface area contributed by atoms with Crippen LogP contribution in [0.2, 0.25) is 10.2 Å². The van der Waals surface area contributed by atoms with Gasteiger partial charge in [-0.1, -0.05) is 41.4 Å². The number of aryl methyl sites for hydroxylation is 1. The molecule has 11 heteroatoms. The second-order valence-electron chi connectivity index (χ2n) is 8.22. The SMILES string of the molecule is CCn1cc(S(=O)(=O)N2CC([C@@H](C)O)Oc3ccc(/C=C(\C)c4c(F)cccc4Cl)cc32)c(Cl)n1. The molecule has 0 bridgehead atoms. The van der Waals surface area contributed by atoms with Gasteiger partial charge in [-0.05, 0) is 56.2 Å². The lowest BCUT2D eigenvalue weighted by atomic mass is 10.0. The number of aliphatic hydroxyl groups is 1. The lowest BCUT2D eigenvalue weighted by Crippen LogP contribution is -2.47. The monoisotopic (exact) mass is 539 g/mol. The van der Waals surface area contributed by atoms with Crippen LogP contribution in [0.1, 0.15) is 31.9 Å². The average molecular weight is 540 g/mol. The van der Waals surface area contributed by atoms with Crippen molar-refractivity contribution in [3.8, 4) is 5.75 Å². The molecule has 0 fully saturated rings. The van der Waals surface area contributed by atoms with Crippen LogP contribution in [0.3, 0.4) is 0 Å². The minimum absolute atomic E-state index is 0.133. The Morgan fingerprint density at radius 1 is 1.34 bits per heavy atom. The number of halogens is 3. The van der Waals surface area contributed by atoms with Gasteiger partial charge in [0, 0.05) is 18.3 Å². The quantitative estimate of drug-likeness (QED) is 0.432. The van der Waals surface area contributed by atoms with E-state index >= 15 is 0 Å². The number of ether oxygens (including phenoxy) is 1. The molecule has 0 amide bonds. The number of anilines is 1. The van der Waals surface area contributed by atoms with Crippen LogP contribution in [0.15, 0.2) is 47.5 Å². The van der Waals surface area contributed by atoms with E-state index < -0.39 is 28.0 Å². The first-order valence-electron chi connectivity index (χ1n) is 10.9. The molecule has 1 aliphatic rings. The van der Waals surface area contributed by atoms with Crippen LogP contribution in [0.4, 0.5) is 10.1 Å². The van der Waals surface area contributed by atoms with Crippen molar-refractivity contribution in [1.82, 2.24) is 9.78 Å². The normalized spacial score (nSPS) is 17.2. The van der Waals surface area contributed by atoms with Crippen LogP contribution >= 0.6 is 23.2 Å². The Morgan fingerprint density at radius 3 is 2.71 bits per heavy atom. The van der Waals surface area contributed by atoms with Crippen LogP contribution < -0.4 is 9.04 Å². The molecule has 2 atom stereocenters. The third-order valence-corrected chi connectivity index (χ3v) is 8.22. The van der Waals surface area contributed by atoms with E-state index in [0.717, 1.165) is 4.31 Å². The highest BCUT2D eigenvalue weighted by molar-refractivity contribution is 7.93. The molecule has 0 radical (unpaired) electrons. The summed E-state index contributed by atoms with van der Waals surface area (Å²) in [7, 11) is -4.15. The molecule has 35 heavy (non-hydrogen) atoms. The van der Waals surface area contributed by atoms with Gasteiger partial charge in [0.25, 0.3) is 10.0 Å². The highest BCUT2D eigenvalue weighted by Gasteiger charge is 2.38. The number of hydrogen-bond donors (Lipinski definition) is 1. The molecule has 1 aromatic heterocycles. The Bertz CT molecular complexity index is 1390. The molecule has 2 aromatic carbocycles. The van der Waals surface area contributed by atoms with Gasteiger partial charge < -0.3 is 9.84 Å². The topological polar surface area (TPSA) is 84.7 Å². The fourth-order valence-corrected chi connectivity index (χ4v) is 6.13. The molecule has 0 saturated heterocycles. The molecule has 3 aromatic rings. The summed E-state index contributed by atoms with van der Waals surface area (Å²) in [6.45, 7) is 5.37. The Morgan fingerprint density at radius 2 is 2.09 bits per heavy atom. The first kappa shape index (κ1) is 25.5. The van der Waals surface area contributed by atoms with Gasteiger partial charge in [-0.25, -0.2) is 12.8 Å². The van der Waals surface area contributed by atoms with E-state index in [2.05, 4.69) is 5.10 Å². The molecule has 0 saturated carbocycles. The van der Waals surface area contributed by atoms with E-state index in [1.165, 1.54) is 29.9 Å². The van der Waals surface area contributed by atoms with E-state index in [0.29, 0.717) is 17.7 Å². The number of hydrogen-bond acceptors (Lipinski definition) is 5. The number of rotatable bonds is 6. The van der Waals surface area contributed by atoms with Crippen LogP contribution in [0, 0.1) is 5.82 Å². The van der Waals surface area contributed by atoms with E-state index in [1.807, 2.05) is 6.92 Å². The summed E-state index contributed by atoms with van der Waals surface area (Å²) in [6.07, 6.45) is 1.36. The van der Waals surface area contributed by atoms with Crippen molar-refractivity contribution in [3.05, 3.63) is 69.7 Å². The average Bonchev–Trinajstić information content (AvgIpc) is 3.19. The molecule has 1 unspecified atom stereocenters. The highest BCUT2D eigenvalue weighted by Crippen LogP contribution is 2.40. The maximum atomic E-state index is 14.4. The predicted molar refractivity (Wildman–Crippen MR) is 135 cm³/mol. The predicted octanol–water partition coefficient (Wildman–Crippen LogP) is 5.25. The van der Waals surface area contributed by atoms with Crippen molar-refractivity contribution in [2.45, 2.75) is 44.4 Å². The largest absolute Gasteiger partial charge is 0.484 e. The Hall–Kier alpha value is -2.59. The Labute approximate surface area is 213 Å². The van der Waals surface area contributed by atoms with Crippen molar-refractivity contribution in [3.63, 3.8) is 0 Å². The van der Waals surface area contributed by atoms with Gasteiger partial charge in [0.2, 0.25) is 0 Å². The maximum Gasteiger partial charge on any atom is 0.269 e. The molecule has 2 heterocycles. The van der Waals surface area contributed by atoms with E-state index in [1.54, 1.807) is 37.3 Å². The summed E-state index contributed by atoms with van der Waals surface area (Å²) in [5, 5.41) is 14.3. The summed E-state index contributed by atoms with van der Waals surface area (Å²) >= 11 is 12.4. The lowest BCUT2D eigenvalue weighted by Gasteiger charge is -2.36. The minimum atomic E-state index is -4.15. The molecular formula is C24H24Cl2FN3O4S. The summed E-state index contributed by atoms with van der Waals surface area (Å²) < 4.78 is 50.2. The smallest absolute Gasteiger partial charge is 0.269 e. The van der Waals surface area contributed by atoms with E-state index in [-0.39, 0.29) is 38.6 Å². The number of allylic oxidation sites excluding steroid dienone is 1. The van der Waals surface area contributed by atoms with Crippen LogP contribution in [-0.4, -0.2) is 42.1 Å². The van der Waals surface area contributed by atoms with Gasteiger partial charge in [0.1, 0.15) is 22.6 Å². The fourth-order valence-electron chi connectivity index (χ4n) is 3.89. The van der Waals surface area contributed by atoms with Gasteiger partial charge in [-0.2, -0.15) is 5.10 Å². The molecule has 186 valence electrons. The zero-order chi connectivity index (χ0) is 25.5. The summed E-state index contributed by atoms with van der Waals surface area (Å²) in [5.74, 6) is -0.178. The molecular weight excluding hydrogens is 516 g/mol. The molecule has 0 spiro atoms. The van der Waals surface area contributed by atoms with Crippen molar-refractivity contribution < 1.29 is 22.7 Å². The van der Waals surface area contributed by atoms with Gasteiger partial charge in [0.05, 0.1) is 23.4 Å². The van der Waals surface area contributed by atoms with Gasteiger partial charge >= 0.3 is 0 Å². The van der Waals surface area contributed by atoms with Crippen molar-refractivity contribution in [1.29, 1.82) is 0 Å². The number of nitrogens with zero attached hydrogens (tertiary/aromatic N) is 3. The maximum absolute atomic E-state index is 14.4. The highest BCUT2D eigenvalue weighted by atomic mass is 35.5. The minimum Gasteiger partial charge on any atom is -0.484 e. The van der Waals surface area contributed by atoms with Crippen molar-refractivity contribution >= 4 is 50.6 Å². The zero-order valence-electron chi connectivity index (χ0n) is 19.2. The second kappa shape index (κ2) is 9.81. The number of benzene rings is 2. The van der Waals surface area contributed by atoms with E-state index in [9.17, 15) is 17.9 Å². The molecule has 1 N–H and O–H groups in total. The van der Waals surface area contributed by atoms with Crippen LogP contribution in [0.25, 0.3) is 11.6 Å². The Balaban J connectivity index is 1.82. The fraction of sp³-hybridized carbons (Fsp3) is 0.292.